The number of fused-ring (bicyclic) bond motifs is 2. The second kappa shape index (κ2) is 18.3. The Balaban J connectivity index is 1.04. The predicted octanol–water partition coefficient (Wildman–Crippen LogP) is 9.12. The van der Waals surface area contributed by atoms with Gasteiger partial charge in [0, 0.05) is 24.2 Å². The van der Waals surface area contributed by atoms with Gasteiger partial charge in [-0.25, -0.2) is 14.8 Å². The van der Waals surface area contributed by atoms with Crippen molar-refractivity contribution in [3.63, 3.8) is 0 Å². The third kappa shape index (κ3) is 10.3. The first-order chi connectivity index (χ1) is 28.3. The number of hydrogen-bond acceptors (Lipinski definition) is 11. The summed E-state index contributed by atoms with van der Waals surface area (Å²) in [6, 6.07) is 23.5. The van der Waals surface area contributed by atoms with Gasteiger partial charge in [0.15, 0.2) is 10.8 Å². The Morgan fingerprint density at radius 3 is 2.47 bits per heavy atom. The second-order valence-corrected chi connectivity index (χ2v) is 17.7. The van der Waals surface area contributed by atoms with Crippen LogP contribution in [0.4, 0.5) is 10.9 Å². The van der Waals surface area contributed by atoms with E-state index in [9.17, 15) is 14.4 Å². The van der Waals surface area contributed by atoms with Gasteiger partial charge in [-0.2, -0.15) is 0 Å². The average molecular weight is 818 g/mol. The molecule has 2 aromatic heterocycles. The maximum Gasteiger partial charge on any atom is 0.358 e. The summed E-state index contributed by atoms with van der Waals surface area (Å²) in [7, 11) is 0. The van der Waals surface area contributed by atoms with Crippen LogP contribution in [0, 0.1) is 18.8 Å². The number of likely N-dealkylation sites (tertiary alicyclic amines) is 1. The molecule has 0 aliphatic carbocycles. The van der Waals surface area contributed by atoms with Crippen molar-refractivity contribution >= 4 is 50.3 Å². The van der Waals surface area contributed by atoms with Gasteiger partial charge >= 0.3 is 11.9 Å². The normalized spacial score (nSPS) is 15.4. The lowest BCUT2D eigenvalue weighted by atomic mass is 9.84. The molecule has 4 heterocycles. The van der Waals surface area contributed by atoms with Crippen molar-refractivity contribution in [2.45, 2.75) is 79.4 Å². The van der Waals surface area contributed by atoms with E-state index in [4.69, 9.17) is 19.2 Å². The highest BCUT2D eigenvalue weighted by Crippen LogP contribution is 2.35. The van der Waals surface area contributed by atoms with E-state index >= 15 is 0 Å². The van der Waals surface area contributed by atoms with Gasteiger partial charge in [-0.3, -0.25) is 19.8 Å². The lowest BCUT2D eigenvalue weighted by Gasteiger charge is -2.34. The number of esters is 2. The third-order valence-electron chi connectivity index (χ3n) is 11.3. The van der Waals surface area contributed by atoms with Crippen molar-refractivity contribution in [2.24, 2.45) is 11.8 Å². The Labute approximate surface area is 351 Å². The molecule has 1 atom stereocenters. The zero-order chi connectivity index (χ0) is 41.7. The largest absolute Gasteiger partial charge is 0.494 e. The van der Waals surface area contributed by atoms with Crippen LogP contribution in [-0.2, 0) is 27.2 Å². The molecule has 1 fully saturated rings. The highest BCUT2D eigenvalue weighted by Gasteiger charge is 2.28. The minimum absolute atomic E-state index is 0.146. The molecule has 12 heteroatoms. The number of ether oxygens (including phenoxy) is 3. The van der Waals surface area contributed by atoms with Crippen molar-refractivity contribution < 1.29 is 28.6 Å². The standard InChI is InChI=1S/C47H55N5O6S/c1-7-56-42(53)29-51-23-19-32(20-24-51)30(2)22-26-57-34-15-16-35(31(3)27-34)36-17-18-41(49-43(36)45(55)58-47(4,5)6)52-25-21-33-11-10-12-37(38(33)28-52)44(54)50-46-48-39-13-8-9-14-40(39)59-46/h8-18,27,30,32H,7,19-26,28-29H2,1-6H3,(H,48,50,54). The predicted molar refractivity (Wildman–Crippen MR) is 233 cm³/mol. The van der Waals surface area contributed by atoms with Gasteiger partial charge < -0.3 is 19.1 Å². The first-order valence-electron chi connectivity index (χ1n) is 20.7. The Morgan fingerprint density at radius 1 is 0.949 bits per heavy atom. The molecule has 0 saturated carbocycles. The maximum atomic E-state index is 13.9. The van der Waals surface area contributed by atoms with Gasteiger partial charge in [0.2, 0.25) is 0 Å². The summed E-state index contributed by atoms with van der Waals surface area (Å²) in [4.78, 5) is 53.3. The van der Waals surface area contributed by atoms with Gasteiger partial charge in [-0.05, 0) is 150 Å². The lowest BCUT2D eigenvalue weighted by Crippen LogP contribution is -2.39. The topological polar surface area (TPSA) is 123 Å². The summed E-state index contributed by atoms with van der Waals surface area (Å²) in [5, 5.41) is 3.58. The molecular formula is C47H55N5O6S. The highest BCUT2D eigenvalue weighted by atomic mass is 32.1. The first kappa shape index (κ1) is 41.8. The molecule has 1 unspecified atom stereocenters. The van der Waals surface area contributed by atoms with E-state index < -0.39 is 11.6 Å². The van der Waals surface area contributed by atoms with E-state index in [0.717, 1.165) is 77.0 Å². The summed E-state index contributed by atoms with van der Waals surface area (Å²) in [6.07, 6.45) is 3.79. The molecule has 11 nitrogen and oxygen atoms in total. The number of benzene rings is 3. The number of rotatable bonds is 13. The number of aromatic nitrogens is 2. The van der Waals surface area contributed by atoms with Crippen LogP contribution in [0.25, 0.3) is 21.3 Å². The number of carbonyl (C=O) groups excluding carboxylic acids is 3. The average Bonchev–Trinajstić information content (AvgIpc) is 3.62. The first-order valence-corrected chi connectivity index (χ1v) is 21.6. The quantitative estimate of drug-likeness (QED) is 0.115. The number of para-hydroxylation sites is 1. The molecule has 1 saturated heterocycles. The smallest absolute Gasteiger partial charge is 0.358 e. The molecule has 310 valence electrons. The number of nitrogens with zero attached hydrogens (tertiary/aromatic N) is 4. The molecule has 0 spiro atoms. The van der Waals surface area contributed by atoms with Crippen LogP contribution in [0.2, 0.25) is 0 Å². The van der Waals surface area contributed by atoms with E-state index in [-0.39, 0.29) is 17.6 Å². The molecule has 1 N–H and O–H groups in total. The van der Waals surface area contributed by atoms with E-state index in [1.807, 2.05) is 101 Å². The van der Waals surface area contributed by atoms with Gasteiger partial charge in [-0.15, -0.1) is 0 Å². The van der Waals surface area contributed by atoms with Crippen molar-refractivity contribution in [1.82, 2.24) is 14.9 Å². The number of amides is 1. The Kier molecular flexibility index (Phi) is 13.0. The number of hydrogen-bond donors (Lipinski definition) is 1. The lowest BCUT2D eigenvalue weighted by molar-refractivity contribution is -0.144. The number of anilines is 2. The van der Waals surface area contributed by atoms with Gasteiger partial charge in [0.1, 0.15) is 17.2 Å². The van der Waals surface area contributed by atoms with Crippen LogP contribution >= 0.6 is 11.3 Å². The van der Waals surface area contributed by atoms with Crippen LogP contribution in [0.15, 0.2) is 72.8 Å². The SMILES string of the molecule is CCOC(=O)CN1CCC(C(C)CCOc2ccc(-c3ccc(N4CCc5cccc(C(=O)Nc6nc7ccccc7s6)c5C4)nc3C(=O)OC(C)(C)C)c(C)c2)CC1. The monoisotopic (exact) mass is 817 g/mol. The fourth-order valence-electron chi connectivity index (χ4n) is 8.10. The van der Waals surface area contributed by atoms with E-state index in [1.165, 1.54) is 11.3 Å². The summed E-state index contributed by atoms with van der Waals surface area (Å²) in [5.74, 6) is 1.67. The molecule has 1 amide bonds. The summed E-state index contributed by atoms with van der Waals surface area (Å²) < 4.78 is 18.3. The Morgan fingerprint density at radius 2 is 1.73 bits per heavy atom. The zero-order valence-electron chi connectivity index (χ0n) is 35.0. The Bertz CT molecular complexity index is 2280. The van der Waals surface area contributed by atoms with Crippen LogP contribution in [-0.4, -0.2) is 77.7 Å². The second-order valence-electron chi connectivity index (χ2n) is 16.6. The van der Waals surface area contributed by atoms with Gasteiger partial charge in [0.05, 0.1) is 30.0 Å². The molecule has 59 heavy (non-hydrogen) atoms. The van der Waals surface area contributed by atoms with E-state index in [0.29, 0.717) is 66.8 Å². The highest BCUT2D eigenvalue weighted by molar-refractivity contribution is 7.22. The molecular weight excluding hydrogens is 763 g/mol. The van der Waals surface area contributed by atoms with Crippen molar-refractivity contribution in [3.05, 3.63) is 101 Å². The van der Waals surface area contributed by atoms with Gasteiger partial charge in [-0.1, -0.05) is 48.6 Å². The number of carbonyl (C=O) groups is 3. The molecule has 3 aromatic carbocycles. The zero-order valence-corrected chi connectivity index (χ0v) is 35.8. The molecule has 7 rings (SSSR count). The molecule has 0 bridgehead atoms. The van der Waals surface area contributed by atoms with Crippen LogP contribution in [0.5, 0.6) is 5.75 Å². The summed E-state index contributed by atoms with van der Waals surface area (Å²) >= 11 is 1.45. The van der Waals surface area contributed by atoms with Crippen molar-refractivity contribution in [2.75, 3.05) is 49.6 Å². The van der Waals surface area contributed by atoms with Crippen LogP contribution in [0.3, 0.4) is 0 Å². The number of thiazole rings is 1. The molecule has 5 aromatic rings. The third-order valence-corrected chi connectivity index (χ3v) is 12.2. The maximum absolute atomic E-state index is 13.9. The molecule has 0 radical (unpaired) electrons. The summed E-state index contributed by atoms with van der Waals surface area (Å²) in [6.45, 7) is 16.0. The fraction of sp³-hybridized carbons (Fsp3) is 0.426. The molecule has 2 aliphatic rings. The van der Waals surface area contributed by atoms with Gasteiger partial charge in [0.25, 0.3) is 5.91 Å². The Hall–Kier alpha value is -5.33. The van der Waals surface area contributed by atoms with Crippen molar-refractivity contribution in [3.8, 4) is 16.9 Å². The number of piperidine rings is 1. The van der Waals surface area contributed by atoms with Crippen LogP contribution < -0.4 is 15.0 Å². The fourth-order valence-corrected chi connectivity index (χ4v) is 8.96. The number of pyridine rings is 1. The van der Waals surface area contributed by atoms with E-state index in [1.54, 1.807) is 0 Å². The van der Waals surface area contributed by atoms with Crippen LogP contribution in [0.1, 0.15) is 91.4 Å². The summed E-state index contributed by atoms with van der Waals surface area (Å²) in [5.41, 5.74) is 5.52. The minimum Gasteiger partial charge on any atom is -0.494 e. The number of aryl methyl sites for hydroxylation is 1. The number of nitrogens with one attached hydrogen (secondary N) is 1. The van der Waals surface area contributed by atoms with E-state index in [2.05, 4.69) is 33.1 Å². The molecule has 2 aliphatic heterocycles. The minimum atomic E-state index is -0.717. The van der Waals surface area contributed by atoms with Crippen molar-refractivity contribution in [1.29, 1.82) is 0 Å².